The molecule has 0 aliphatic carbocycles. The molecule has 2 aromatic rings. The van der Waals surface area contributed by atoms with Crippen molar-refractivity contribution in [1.82, 2.24) is 4.98 Å². The lowest BCUT2D eigenvalue weighted by Gasteiger charge is -2.03. The van der Waals surface area contributed by atoms with Crippen molar-refractivity contribution in [3.63, 3.8) is 0 Å². The maximum atomic E-state index is 11.8. The summed E-state index contributed by atoms with van der Waals surface area (Å²) in [6.45, 7) is 4.11. The summed E-state index contributed by atoms with van der Waals surface area (Å²) in [6, 6.07) is 5.46. The van der Waals surface area contributed by atoms with Crippen molar-refractivity contribution in [2.75, 3.05) is 6.61 Å². The van der Waals surface area contributed by atoms with Crippen molar-refractivity contribution >= 4 is 17.0 Å². The Bertz CT molecular complexity index is 614. The first-order valence-electron chi connectivity index (χ1n) is 5.45. The molecule has 0 spiro atoms. The molecule has 0 aliphatic rings. The van der Waals surface area contributed by atoms with Crippen LogP contribution >= 0.6 is 0 Å². The van der Waals surface area contributed by atoms with Gasteiger partial charge in [0.2, 0.25) is 0 Å². The van der Waals surface area contributed by atoms with Crippen LogP contribution in [0.3, 0.4) is 0 Å². The molecule has 0 amide bonds. The van der Waals surface area contributed by atoms with E-state index in [0.29, 0.717) is 17.5 Å². The van der Waals surface area contributed by atoms with Gasteiger partial charge in [0.1, 0.15) is 0 Å². The van der Waals surface area contributed by atoms with Gasteiger partial charge >= 0.3 is 11.7 Å². The zero-order chi connectivity index (χ0) is 12.3. The highest BCUT2D eigenvalue weighted by Crippen LogP contribution is 2.17. The van der Waals surface area contributed by atoms with Crippen molar-refractivity contribution in [3.05, 3.63) is 40.3 Å². The molecule has 0 radical (unpaired) electrons. The highest BCUT2D eigenvalue weighted by molar-refractivity contribution is 5.86. The summed E-state index contributed by atoms with van der Waals surface area (Å²) >= 11 is 0. The van der Waals surface area contributed by atoms with Gasteiger partial charge in [-0.25, -0.2) is 4.79 Å². The second-order valence-electron chi connectivity index (χ2n) is 3.44. The molecule has 0 bridgehead atoms. The van der Waals surface area contributed by atoms with E-state index in [2.05, 4.69) is 4.98 Å². The lowest BCUT2D eigenvalue weighted by molar-refractivity contribution is 0.229. The third kappa shape index (κ3) is 2.20. The van der Waals surface area contributed by atoms with Crippen molar-refractivity contribution in [2.24, 2.45) is 0 Å². The maximum Gasteiger partial charge on any atom is 0.397 e. The Labute approximate surface area is 98.5 Å². The van der Waals surface area contributed by atoms with Crippen LogP contribution in [0.5, 0.6) is 6.08 Å². The Morgan fingerprint density at radius 2 is 2.29 bits per heavy atom. The molecule has 0 aliphatic heterocycles. The molecule has 4 nitrogen and oxygen atoms in total. The molecule has 1 aromatic carbocycles. The van der Waals surface area contributed by atoms with E-state index in [4.69, 9.17) is 9.15 Å². The number of fused-ring (bicyclic) bond motifs is 1. The summed E-state index contributed by atoms with van der Waals surface area (Å²) in [4.78, 5) is 16.0. The number of hydrogen-bond donors (Lipinski definition) is 0. The Balaban J connectivity index is 2.71. The monoisotopic (exact) mass is 231 g/mol. The third-order valence-electron chi connectivity index (χ3n) is 2.28. The van der Waals surface area contributed by atoms with Gasteiger partial charge in [0, 0.05) is 0 Å². The zero-order valence-corrected chi connectivity index (χ0v) is 9.77. The van der Waals surface area contributed by atoms with E-state index in [9.17, 15) is 4.79 Å². The van der Waals surface area contributed by atoms with Gasteiger partial charge in [-0.15, -0.1) is 0 Å². The van der Waals surface area contributed by atoms with Crippen LogP contribution in [0.25, 0.3) is 17.0 Å². The molecule has 2 rings (SSSR count). The summed E-state index contributed by atoms with van der Waals surface area (Å²) in [6.07, 6.45) is 3.73. The molecule has 88 valence electrons. The minimum Gasteiger partial charge on any atom is -0.450 e. The molecule has 1 heterocycles. The predicted molar refractivity (Wildman–Crippen MR) is 66.2 cm³/mol. The molecule has 0 fully saturated rings. The smallest absolute Gasteiger partial charge is 0.397 e. The summed E-state index contributed by atoms with van der Waals surface area (Å²) < 4.78 is 10.1. The Hall–Kier alpha value is -2.10. The normalized spacial score (nSPS) is 11.2. The minimum absolute atomic E-state index is 0.0163. The number of aromatic nitrogens is 1. The number of rotatable bonds is 3. The van der Waals surface area contributed by atoms with Crippen LogP contribution in [-0.2, 0) is 0 Å². The van der Waals surface area contributed by atoms with Gasteiger partial charge in [-0.2, -0.15) is 4.98 Å². The van der Waals surface area contributed by atoms with Crippen molar-refractivity contribution in [1.29, 1.82) is 0 Å². The maximum absolute atomic E-state index is 11.8. The van der Waals surface area contributed by atoms with Gasteiger partial charge < -0.3 is 9.15 Å². The number of ether oxygens (including phenoxy) is 1. The zero-order valence-electron chi connectivity index (χ0n) is 9.77. The number of hydrogen-bond acceptors (Lipinski definition) is 4. The van der Waals surface area contributed by atoms with Gasteiger partial charge in [-0.05, 0) is 25.5 Å². The van der Waals surface area contributed by atoms with E-state index in [0.717, 1.165) is 5.56 Å². The molecule has 0 N–H and O–H groups in total. The average molecular weight is 231 g/mol. The highest BCUT2D eigenvalue weighted by atomic mass is 16.6. The second-order valence-corrected chi connectivity index (χ2v) is 3.44. The molecule has 0 atom stereocenters. The molecule has 0 saturated heterocycles. The summed E-state index contributed by atoms with van der Waals surface area (Å²) in [5, 5.41) is 0.481. The quantitative estimate of drug-likeness (QED) is 0.814. The molecule has 17 heavy (non-hydrogen) atoms. The minimum atomic E-state index is -0.424. The molecule has 0 saturated carbocycles. The third-order valence-corrected chi connectivity index (χ3v) is 2.28. The first-order chi connectivity index (χ1) is 8.26. The first kappa shape index (κ1) is 11.4. The lowest BCUT2D eigenvalue weighted by atomic mass is 10.1. The standard InChI is InChI=1S/C13H13NO3/c1-3-6-9-7-5-8-10-11(9)12(15)17-13(14-10)16-4-2/h3,5-8H,4H2,1-2H3/b6-3-. The Morgan fingerprint density at radius 1 is 1.47 bits per heavy atom. The van der Waals surface area contributed by atoms with Crippen molar-refractivity contribution in [3.8, 4) is 6.08 Å². The Morgan fingerprint density at radius 3 is 3.00 bits per heavy atom. The number of nitrogens with zero attached hydrogens (tertiary/aromatic N) is 1. The van der Waals surface area contributed by atoms with E-state index in [1.807, 2.05) is 38.1 Å². The van der Waals surface area contributed by atoms with Crippen LogP contribution in [0.15, 0.2) is 33.5 Å². The van der Waals surface area contributed by atoms with Crippen LogP contribution in [-0.4, -0.2) is 11.6 Å². The SMILES string of the molecule is C/C=C\c1cccc2nc(OCC)oc(=O)c12. The van der Waals surface area contributed by atoms with Crippen LogP contribution in [0.1, 0.15) is 19.4 Å². The molecular formula is C13H13NO3. The molecule has 1 aromatic heterocycles. The van der Waals surface area contributed by atoms with E-state index in [1.165, 1.54) is 0 Å². The van der Waals surface area contributed by atoms with Crippen LogP contribution in [0.4, 0.5) is 0 Å². The van der Waals surface area contributed by atoms with Crippen molar-refractivity contribution < 1.29 is 9.15 Å². The first-order valence-corrected chi connectivity index (χ1v) is 5.45. The number of benzene rings is 1. The van der Waals surface area contributed by atoms with Gasteiger partial charge in [0.15, 0.2) is 0 Å². The summed E-state index contributed by atoms with van der Waals surface area (Å²) in [5.74, 6) is 0. The fourth-order valence-electron chi connectivity index (χ4n) is 1.63. The van der Waals surface area contributed by atoms with Gasteiger partial charge in [-0.1, -0.05) is 24.3 Å². The molecule has 0 unspecified atom stereocenters. The Kier molecular flexibility index (Phi) is 3.23. The molecular weight excluding hydrogens is 218 g/mol. The van der Waals surface area contributed by atoms with E-state index >= 15 is 0 Å². The lowest BCUT2D eigenvalue weighted by Crippen LogP contribution is -2.06. The fraction of sp³-hybridized carbons (Fsp3) is 0.231. The van der Waals surface area contributed by atoms with E-state index in [-0.39, 0.29) is 6.08 Å². The van der Waals surface area contributed by atoms with Crippen LogP contribution < -0.4 is 10.4 Å². The van der Waals surface area contributed by atoms with Crippen molar-refractivity contribution in [2.45, 2.75) is 13.8 Å². The van der Waals surface area contributed by atoms with E-state index in [1.54, 1.807) is 6.07 Å². The van der Waals surface area contributed by atoms with Gasteiger partial charge in [-0.3, -0.25) is 0 Å². The largest absolute Gasteiger partial charge is 0.450 e. The summed E-state index contributed by atoms with van der Waals surface area (Å²) in [5.41, 5.74) is 0.960. The fourth-order valence-corrected chi connectivity index (χ4v) is 1.63. The van der Waals surface area contributed by atoms with Gasteiger partial charge in [0.05, 0.1) is 17.5 Å². The number of allylic oxidation sites excluding steroid dienone is 1. The molecule has 4 heteroatoms. The van der Waals surface area contributed by atoms with Crippen LogP contribution in [0.2, 0.25) is 0 Å². The topological polar surface area (TPSA) is 52.3 Å². The highest BCUT2D eigenvalue weighted by Gasteiger charge is 2.09. The van der Waals surface area contributed by atoms with Crippen LogP contribution in [0, 0.1) is 0 Å². The second kappa shape index (κ2) is 4.82. The average Bonchev–Trinajstić information content (AvgIpc) is 2.29. The van der Waals surface area contributed by atoms with Gasteiger partial charge in [0.25, 0.3) is 0 Å². The summed E-state index contributed by atoms with van der Waals surface area (Å²) in [7, 11) is 0. The predicted octanol–water partition coefficient (Wildman–Crippen LogP) is 2.62. The van der Waals surface area contributed by atoms with E-state index < -0.39 is 5.63 Å².